The van der Waals surface area contributed by atoms with Gasteiger partial charge in [0.25, 0.3) is 0 Å². The molecule has 5 heteroatoms. The number of hydrogen-bond acceptors (Lipinski definition) is 3. The Kier molecular flexibility index (Phi) is 5.96. The van der Waals surface area contributed by atoms with Gasteiger partial charge in [0, 0.05) is 6.54 Å². The van der Waals surface area contributed by atoms with E-state index in [1.165, 1.54) is 0 Å². The molecular formula is C16H21NO4. The van der Waals surface area contributed by atoms with Gasteiger partial charge in [-0.3, -0.25) is 4.79 Å². The van der Waals surface area contributed by atoms with E-state index in [0.717, 1.165) is 11.1 Å². The zero-order valence-electron chi connectivity index (χ0n) is 12.6. The van der Waals surface area contributed by atoms with E-state index in [4.69, 9.17) is 9.84 Å². The molecule has 0 unspecified atom stereocenters. The van der Waals surface area contributed by atoms with Crippen molar-refractivity contribution in [2.45, 2.75) is 39.3 Å². The lowest BCUT2D eigenvalue weighted by atomic mass is 10.1. The number of rotatable bonds is 5. The maximum Gasteiger partial charge on any atom is 0.407 e. The molecule has 0 bridgehead atoms. The van der Waals surface area contributed by atoms with Crippen molar-refractivity contribution >= 4 is 18.1 Å². The normalized spacial score (nSPS) is 11.4. The fourth-order valence-electron chi connectivity index (χ4n) is 1.63. The van der Waals surface area contributed by atoms with Gasteiger partial charge >= 0.3 is 12.1 Å². The van der Waals surface area contributed by atoms with Crippen molar-refractivity contribution in [1.29, 1.82) is 0 Å². The third-order valence-corrected chi connectivity index (χ3v) is 2.47. The van der Waals surface area contributed by atoms with Crippen molar-refractivity contribution in [3.05, 3.63) is 41.5 Å². The number of aliphatic carboxylic acids is 1. The third-order valence-electron chi connectivity index (χ3n) is 2.47. The van der Waals surface area contributed by atoms with Crippen molar-refractivity contribution in [3.8, 4) is 0 Å². The summed E-state index contributed by atoms with van der Waals surface area (Å²) < 4.78 is 5.17. The number of benzene rings is 1. The molecule has 0 saturated carbocycles. The molecule has 0 fully saturated rings. The number of hydrogen-bond donors (Lipinski definition) is 2. The molecule has 1 aromatic carbocycles. The number of carboxylic acid groups (broad SMARTS) is 1. The molecule has 0 heterocycles. The van der Waals surface area contributed by atoms with Gasteiger partial charge in [-0.25, -0.2) is 4.79 Å². The molecule has 0 aromatic heterocycles. The third kappa shape index (κ3) is 7.15. The van der Waals surface area contributed by atoms with Gasteiger partial charge in [0.1, 0.15) is 5.60 Å². The van der Waals surface area contributed by atoms with Crippen LogP contribution in [0.15, 0.2) is 30.3 Å². The summed E-state index contributed by atoms with van der Waals surface area (Å²) in [5.41, 5.74) is 1.23. The lowest BCUT2D eigenvalue weighted by molar-refractivity contribution is -0.135. The SMILES string of the molecule is CC(C)(C)OC(=O)NCc1ccccc1/C=C/CC(=O)O. The van der Waals surface area contributed by atoms with E-state index in [-0.39, 0.29) is 6.42 Å². The van der Waals surface area contributed by atoms with Gasteiger partial charge in [-0.05, 0) is 31.9 Å². The topological polar surface area (TPSA) is 75.6 Å². The molecule has 5 nitrogen and oxygen atoms in total. The van der Waals surface area contributed by atoms with E-state index in [1.807, 2.05) is 24.3 Å². The molecular weight excluding hydrogens is 270 g/mol. The van der Waals surface area contributed by atoms with E-state index < -0.39 is 17.7 Å². The van der Waals surface area contributed by atoms with Gasteiger partial charge in [0.15, 0.2) is 0 Å². The van der Waals surface area contributed by atoms with Crippen LogP contribution < -0.4 is 5.32 Å². The molecule has 0 radical (unpaired) electrons. The minimum Gasteiger partial charge on any atom is -0.481 e. The first-order valence-corrected chi connectivity index (χ1v) is 6.71. The highest BCUT2D eigenvalue weighted by molar-refractivity contribution is 5.71. The quantitative estimate of drug-likeness (QED) is 0.873. The van der Waals surface area contributed by atoms with Gasteiger partial charge in [-0.2, -0.15) is 0 Å². The Balaban J connectivity index is 2.65. The van der Waals surface area contributed by atoms with Crippen LogP contribution in [0.2, 0.25) is 0 Å². The second kappa shape index (κ2) is 7.47. The van der Waals surface area contributed by atoms with Crippen molar-refractivity contribution in [2.75, 3.05) is 0 Å². The molecule has 2 N–H and O–H groups in total. The van der Waals surface area contributed by atoms with Gasteiger partial charge in [-0.15, -0.1) is 0 Å². The minimum absolute atomic E-state index is 0.0339. The molecule has 0 aliphatic rings. The number of amides is 1. The number of ether oxygens (including phenoxy) is 1. The lowest BCUT2D eigenvalue weighted by Gasteiger charge is -2.19. The Bertz CT molecular complexity index is 529. The zero-order valence-corrected chi connectivity index (χ0v) is 12.6. The predicted octanol–water partition coefficient (Wildman–Crippen LogP) is 3.20. The smallest absolute Gasteiger partial charge is 0.407 e. The number of carbonyl (C=O) groups excluding carboxylic acids is 1. The summed E-state index contributed by atoms with van der Waals surface area (Å²) in [6, 6.07) is 7.46. The molecule has 21 heavy (non-hydrogen) atoms. The molecule has 1 amide bonds. The molecule has 1 aromatic rings. The van der Waals surface area contributed by atoms with E-state index in [1.54, 1.807) is 32.9 Å². The van der Waals surface area contributed by atoms with E-state index in [2.05, 4.69) is 5.32 Å². The van der Waals surface area contributed by atoms with Crippen LogP contribution in [0.5, 0.6) is 0 Å². The maximum absolute atomic E-state index is 11.6. The fourth-order valence-corrected chi connectivity index (χ4v) is 1.63. The summed E-state index contributed by atoms with van der Waals surface area (Å²) in [6.45, 7) is 5.72. The summed E-state index contributed by atoms with van der Waals surface area (Å²) in [7, 11) is 0. The van der Waals surface area contributed by atoms with Crippen LogP contribution >= 0.6 is 0 Å². The number of carboxylic acids is 1. The Morgan fingerprint density at radius 2 is 1.95 bits per heavy atom. The largest absolute Gasteiger partial charge is 0.481 e. The van der Waals surface area contributed by atoms with Crippen LogP contribution in [-0.4, -0.2) is 22.8 Å². The molecule has 0 aliphatic heterocycles. The monoisotopic (exact) mass is 291 g/mol. The standard InChI is InChI=1S/C16H21NO4/c1-16(2,3)21-15(20)17-11-13-8-5-4-7-12(13)9-6-10-14(18)19/h4-9H,10-11H2,1-3H3,(H,17,20)(H,18,19)/b9-6+. The molecule has 0 aliphatic carbocycles. The number of carbonyl (C=O) groups is 2. The Hall–Kier alpha value is -2.30. The average Bonchev–Trinajstić information content (AvgIpc) is 2.35. The van der Waals surface area contributed by atoms with Gasteiger partial charge in [0.2, 0.25) is 0 Å². The fraction of sp³-hybridized carbons (Fsp3) is 0.375. The number of nitrogens with one attached hydrogen (secondary N) is 1. The van der Waals surface area contributed by atoms with Crippen LogP contribution in [0.3, 0.4) is 0 Å². The summed E-state index contributed by atoms with van der Waals surface area (Å²) in [5, 5.41) is 11.3. The molecule has 0 saturated heterocycles. The Morgan fingerprint density at radius 3 is 2.57 bits per heavy atom. The second-order valence-corrected chi connectivity index (χ2v) is 5.55. The van der Waals surface area contributed by atoms with Gasteiger partial charge in [0.05, 0.1) is 6.42 Å². The first-order valence-electron chi connectivity index (χ1n) is 6.71. The summed E-state index contributed by atoms with van der Waals surface area (Å²) >= 11 is 0. The van der Waals surface area contributed by atoms with E-state index >= 15 is 0 Å². The maximum atomic E-state index is 11.6. The summed E-state index contributed by atoms with van der Waals surface area (Å²) in [4.78, 5) is 22.1. The average molecular weight is 291 g/mol. The lowest BCUT2D eigenvalue weighted by Crippen LogP contribution is -2.32. The Morgan fingerprint density at radius 1 is 1.29 bits per heavy atom. The van der Waals surface area contributed by atoms with E-state index in [0.29, 0.717) is 6.54 Å². The van der Waals surface area contributed by atoms with Crippen LogP contribution in [0.25, 0.3) is 6.08 Å². The molecule has 1 rings (SSSR count). The van der Waals surface area contributed by atoms with Crippen LogP contribution in [-0.2, 0) is 16.1 Å². The molecule has 114 valence electrons. The molecule has 0 spiro atoms. The van der Waals surface area contributed by atoms with Gasteiger partial charge in [-0.1, -0.05) is 36.4 Å². The van der Waals surface area contributed by atoms with Crippen molar-refractivity contribution in [3.63, 3.8) is 0 Å². The Labute approximate surface area is 124 Å². The van der Waals surface area contributed by atoms with Gasteiger partial charge < -0.3 is 15.2 Å². The highest BCUT2D eigenvalue weighted by Crippen LogP contribution is 2.12. The van der Waals surface area contributed by atoms with Crippen LogP contribution in [0.1, 0.15) is 38.3 Å². The summed E-state index contributed by atoms with van der Waals surface area (Å²) in [5.74, 6) is -0.879. The van der Waals surface area contributed by atoms with Crippen molar-refractivity contribution < 1.29 is 19.4 Å². The highest BCUT2D eigenvalue weighted by atomic mass is 16.6. The first kappa shape index (κ1) is 16.8. The second-order valence-electron chi connectivity index (χ2n) is 5.55. The predicted molar refractivity (Wildman–Crippen MR) is 80.8 cm³/mol. The minimum atomic E-state index is -0.879. The molecule has 0 atom stereocenters. The summed E-state index contributed by atoms with van der Waals surface area (Å²) in [6.07, 6.45) is 2.80. The number of alkyl carbamates (subject to hydrolysis) is 1. The van der Waals surface area contributed by atoms with Crippen LogP contribution in [0.4, 0.5) is 4.79 Å². The first-order chi connectivity index (χ1) is 9.78. The van der Waals surface area contributed by atoms with Crippen molar-refractivity contribution in [2.24, 2.45) is 0 Å². The van der Waals surface area contributed by atoms with E-state index in [9.17, 15) is 9.59 Å². The zero-order chi connectivity index (χ0) is 15.9. The van der Waals surface area contributed by atoms with Crippen LogP contribution in [0, 0.1) is 0 Å². The highest BCUT2D eigenvalue weighted by Gasteiger charge is 2.15. The van der Waals surface area contributed by atoms with Crippen molar-refractivity contribution in [1.82, 2.24) is 5.32 Å².